The highest BCUT2D eigenvalue weighted by Gasteiger charge is 2.36. The number of hydrogen-bond acceptors (Lipinski definition) is 5. The van der Waals surface area contributed by atoms with E-state index in [0.29, 0.717) is 28.7 Å². The van der Waals surface area contributed by atoms with E-state index in [0.717, 1.165) is 12.0 Å². The average molecular weight is 510 g/mol. The molecule has 0 aliphatic carbocycles. The van der Waals surface area contributed by atoms with Gasteiger partial charge in [0, 0.05) is 11.2 Å². The maximum Gasteiger partial charge on any atom is 0.261 e. The lowest BCUT2D eigenvalue weighted by atomic mass is 9.98. The lowest BCUT2D eigenvalue weighted by Crippen LogP contribution is -2.52. The van der Waals surface area contributed by atoms with Gasteiger partial charge in [0.2, 0.25) is 5.91 Å². The number of thiophene rings is 1. The van der Waals surface area contributed by atoms with Gasteiger partial charge in [-0.15, -0.1) is 11.3 Å². The third-order valence-corrected chi connectivity index (χ3v) is 7.30. The Morgan fingerprint density at radius 1 is 1.06 bits per heavy atom. The van der Waals surface area contributed by atoms with Crippen molar-refractivity contribution >= 4 is 34.7 Å². The third-order valence-electron chi connectivity index (χ3n) is 6.43. The van der Waals surface area contributed by atoms with Gasteiger partial charge in [-0.3, -0.25) is 19.3 Å². The molecule has 0 saturated heterocycles. The van der Waals surface area contributed by atoms with Crippen LogP contribution >= 0.6 is 11.3 Å². The molecule has 0 unspecified atom stereocenters. The molecule has 2 atom stereocenters. The lowest BCUT2D eigenvalue weighted by Gasteiger charge is -2.33. The van der Waals surface area contributed by atoms with Crippen molar-refractivity contribution in [1.29, 1.82) is 0 Å². The van der Waals surface area contributed by atoms with Crippen molar-refractivity contribution in [3.05, 3.63) is 76.4 Å². The van der Waals surface area contributed by atoms with Crippen LogP contribution in [0.5, 0.6) is 0 Å². The molecular weight excluding hydrogens is 474 g/mol. The minimum atomic E-state index is -1.05. The molecule has 0 aliphatic heterocycles. The first-order valence-electron chi connectivity index (χ1n) is 12.3. The molecule has 36 heavy (non-hydrogen) atoms. The number of nitrogens with zero attached hydrogens (tertiary/aromatic N) is 1. The Labute approximate surface area is 216 Å². The monoisotopic (exact) mass is 509 g/mol. The first kappa shape index (κ1) is 27.2. The zero-order valence-corrected chi connectivity index (χ0v) is 22.4. The Morgan fingerprint density at radius 3 is 2.33 bits per heavy atom. The molecule has 0 spiro atoms. The van der Waals surface area contributed by atoms with Crippen LogP contribution in [0, 0.1) is 0 Å². The van der Waals surface area contributed by atoms with Crippen molar-refractivity contribution in [2.75, 3.05) is 11.4 Å². The number of rotatable bonds is 11. The number of amides is 3. The second kappa shape index (κ2) is 12.0. The lowest BCUT2D eigenvalue weighted by molar-refractivity contribution is -0.128. The topological polar surface area (TPSA) is 91.7 Å². The van der Waals surface area contributed by atoms with E-state index in [9.17, 15) is 14.4 Å². The van der Waals surface area contributed by atoms with Crippen LogP contribution in [0.2, 0.25) is 0 Å². The van der Waals surface area contributed by atoms with E-state index in [2.05, 4.69) is 24.5 Å². The molecule has 0 bridgehead atoms. The summed E-state index contributed by atoms with van der Waals surface area (Å²) in [5, 5.41) is 7.54. The molecule has 2 N–H and O–H groups in total. The second-order valence-corrected chi connectivity index (χ2v) is 10.4. The van der Waals surface area contributed by atoms with Gasteiger partial charge in [-0.1, -0.05) is 39.0 Å². The number of carbonyl (C=O) groups is 3. The summed E-state index contributed by atoms with van der Waals surface area (Å²) in [6.45, 7) is 9.84. The van der Waals surface area contributed by atoms with E-state index in [1.807, 2.05) is 45.0 Å². The number of furan rings is 1. The minimum absolute atomic E-state index is 0.272. The van der Waals surface area contributed by atoms with Crippen LogP contribution in [0.1, 0.15) is 80.4 Å². The number of anilines is 1. The number of nitrogens with one attached hydrogen (secondary N) is 2. The maximum absolute atomic E-state index is 13.7. The van der Waals surface area contributed by atoms with Crippen LogP contribution in [0.25, 0.3) is 0 Å². The van der Waals surface area contributed by atoms with Crippen molar-refractivity contribution in [3.8, 4) is 0 Å². The molecule has 2 heterocycles. The molecule has 1 aromatic carbocycles. The first-order chi connectivity index (χ1) is 17.2. The quantitative estimate of drug-likeness (QED) is 0.349. The summed E-state index contributed by atoms with van der Waals surface area (Å²) in [4.78, 5) is 41.7. The van der Waals surface area contributed by atoms with E-state index < -0.39 is 17.5 Å². The molecule has 0 radical (unpaired) electrons. The zero-order chi connectivity index (χ0) is 26.3. The minimum Gasteiger partial charge on any atom is -0.467 e. The Morgan fingerprint density at radius 2 is 1.78 bits per heavy atom. The summed E-state index contributed by atoms with van der Waals surface area (Å²) >= 11 is 1.30. The summed E-state index contributed by atoms with van der Waals surface area (Å²) in [6, 6.07) is 13.4. The van der Waals surface area contributed by atoms with Crippen molar-refractivity contribution in [1.82, 2.24) is 10.6 Å². The largest absolute Gasteiger partial charge is 0.467 e. The Hall–Kier alpha value is -3.39. The van der Waals surface area contributed by atoms with Crippen LogP contribution in [-0.4, -0.2) is 29.8 Å². The van der Waals surface area contributed by atoms with Crippen LogP contribution in [0.4, 0.5) is 5.69 Å². The predicted octanol–water partition coefficient (Wildman–Crippen LogP) is 5.66. The maximum atomic E-state index is 13.7. The van der Waals surface area contributed by atoms with Gasteiger partial charge in [0.1, 0.15) is 5.76 Å². The van der Waals surface area contributed by atoms with Crippen molar-refractivity contribution in [2.24, 2.45) is 0 Å². The van der Waals surface area contributed by atoms with Gasteiger partial charge in [0.25, 0.3) is 11.8 Å². The average Bonchev–Trinajstić information content (AvgIpc) is 3.60. The van der Waals surface area contributed by atoms with Crippen molar-refractivity contribution in [3.63, 3.8) is 0 Å². The van der Waals surface area contributed by atoms with E-state index >= 15 is 0 Å². The summed E-state index contributed by atoms with van der Waals surface area (Å²) in [5.41, 5.74) is 1.21. The molecule has 192 valence electrons. The summed E-state index contributed by atoms with van der Waals surface area (Å²) < 4.78 is 5.64. The molecule has 8 heteroatoms. The van der Waals surface area contributed by atoms with E-state index in [-0.39, 0.29) is 18.4 Å². The molecule has 2 aromatic heterocycles. The number of hydrogen-bond donors (Lipinski definition) is 2. The molecule has 3 amide bonds. The highest BCUT2D eigenvalue weighted by Crippen LogP contribution is 2.31. The summed E-state index contributed by atoms with van der Waals surface area (Å²) in [7, 11) is 0. The Kier molecular flexibility index (Phi) is 9.09. The van der Waals surface area contributed by atoms with Crippen molar-refractivity contribution < 1.29 is 18.8 Å². The fourth-order valence-electron chi connectivity index (χ4n) is 3.68. The fraction of sp³-hybridized carbons (Fsp3) is 0.393. The molecule has 0 fully saturated rings. The van der Waals surface area contributed by atoms with Crippen molar-refractivity contribution in [2.45, 2.75) is 65.0 Å². The Bertz CT molecular complexity index is 1140. The van der Waals surface area contributed by atoms with Crippen LogP contribution < -0.4 is 15.5 Å². The van der Waals surface area contributed by atoms with Gasteiger partial charge in [-0.05, 0) is 73.9 Å². The predicted molar refractivity (Wildman–Crippen MR) is 143 cm³/mol. The highest BCUT2D eigenvalue weighted by molar-refractivity contribution is 7.12. The summed E-state index contributed by atoms with van der Waals surface area (Å²) in [6.07, 6.45) is 3.17. The van der Waals surface area contributed by atoms with Gasteiger partial charge in [0.05, 0.1) is 17.7 Å². The molecule has 0 aliphatic rings. The van der Waals surface area contributed by atoms with E-state index in [1.54, 1.807) is 29.6 Å². The van der Waals surface area contributed by atoms with Gasteiger partial charge in [0.15, 0.2) is 6.04 Å². The number of carbonyl (C=O) groups excluding carboxylic acids is 3. The SMILES string of the molecule is CC[C@H](C)c1ccc(N(C(=O)CNC(=O)c2cccs2)[C@@H](C(=O)NC(C)(C)CC)c2ccco2)cc1. The van der Waals surface area contributed by atoms with E-state index in [1.165, 1.54) is 22.5 Å². The van der Waals surface area contributed by atoms with Gasteiger partial charge < -0.3 is 15.1 Å². The second-order valence-electron chi connectivity index (χ2n) is 9.47. The molecular formula is C28H35N3O4S. The van der Waals surface area contributed by atoms with Gasteiger partial charge in [-0.2, -0.15) is 0 Å². The normalized spacial score (nSPS) is 13.0. The first-order valence-corrected chi connectivity index (χ1v) is 13.1. The summed E-state index contributed by atoms with van der Waals surface area (Å²) in [5.74, 6) is -0.425. The van der Waals surface area contributed by atoms with Crippen LogP contribution in [0.15, 0.2) is 64.6 Å². The number of benzene rings is 1. The fourth-order valence-corrected chi connectivity index (χ4v) is 4.32. The van der Waals surface area contributed by atoms with Crippen LogP contribution in [0.3, 0.4) is 0 Å². The smallest absolute Gasteiger partial charge is 0.261 e. The molecule has 0 saturated carbocycles. The zero-order valence-electron chi connectivity index (χ0n) is 21.5. The molecule has 3 aromatic rings. The third kappa shape index (κ3) is 6.63. The standard InChI is InChI=1S/C28H35N3O4S/c1-6-19(3)20-12-14-21(15-13-20)31(24(32)18-29-26(33)23-11-9-17-36-23)25(22-10-8-16-35-22)27(34)30-28(4,5)7-2/h8-17,19,25H,6-7,18H2,1-5H3,(H,29,33)(H,30,34)/t19-,25+/m0/s1. The highest BCUT2D eigenvalue weighted by atomic mass is 32.1. The van der Waals surface area contributed by atoms with Gasteiger partial charge in [-0.25, -0.2) is 0 Å². The Balaban J connectivity index is 1.99. The van der Waals surface area contributed by atoms with Gasteiger partial charge >= 0.3 is 0 Å². The molecule has 3 rings (SSSR count). The molecule has 7 nitrogen and oxygen atoms in total. The van der Waals surface area contributed by atoms with E-state index in [4.69, 9.17) is 4.42 Å². The van der Waals surface area contributed by atoms with Crippen LogP contribution in [-0.2, 0) is 9.59 Å².